The number of nitrogens with one attached hydrogen (secondary N) is 1. The standard InChI is InChI=1S/C21H23N3O2/c22-14-16-8-10-17(11-9-16)19(20(23)25)24-15-21(12-4-5-13-26-21)18-6-2-1-3-7-18/h1-3,6-11,19,24H,4-5,12-13,15H2,(H2,23,25). The number of nitrogens with two attached hydrogens (primary N) is 1. The van der Waals surface area contributed by atoms with Crippen molar-refractivity contribution in [3.8, 4) is 6.07 Å². The second kappa shape index (κ2) is 8.13. The molecule has 0 bridgehead atoms. The predicted octanol–water partition coefficient (Wildman–Crippen LogP) is 2.77. The topological polar surface area (TPSA) is 88.1 Å². The number of hydrogen-bond donors (Lipinski definition) is 2. The molecule has 1 aliphatic rings. The van der Waals surface area contributed by atoms with Gasteiger partial charge >= 0.3 is 0 Å². The van der Waals surface area contributed by atoms with Crippen LogP contribution in [0.3, 0.4) is 0 Å². The summed E-state index contributed by atoms with van der Waals surface area (Å²) < 4.78 is 6.20. The number of ether oxygens (including phenoxy) is 1. The lowest BCUT2D eigenvalue weighted by atomic mass is 9.86. The average Bonchev–Trinajstić information content (AvgIpc) is 2.70. The van der Waals surface area contributed by atoms with E-state index in [1.165, 1.54) is 0 Å². The van der Waals surface area contributed by atoms with Crippen molar-refractivity contribution in [1.82, 2.24) is 5.32 Å². The van der Waals surface area contributed by atoms with Gasteiger partial charge in [-0.05, 0) is 42.5 Å². The minimum atomic E-state index is -0.631. The van der Waals surface area contributed by atoms with E-state index in [2.05, 4.69) is 23.5 Å². The van der Waals surface area contributed by atoms with Crippen LogP contribution in [0.5, 0.6) is 0 Å². The normalized spacial score (nSPS) is 20.9. The average molecular weight is 349 g/mol. The molecule has 2 aromatic rings. The number of nitriles is 1. The van der Waals surface area contributed by atoms with Gasteiger partial charge in [0.2, 0.25) is 5.91 Å². The molecule has 0 saturated carbocycles. The van der Waals surface area contributed by atoms with Crippen LogP contribution in [0, 0.1) is 11.3 Å². The summed E-state index contributed by atoms with van der Waals surface area (Å²) in [6.45, 7) is 1.19. The molecule has 5 heteroatoms. The molecule has 26 heavy (non-hydrogen) atoms. The Morgan fingerprint density at radius 1 is 1.19 bits per heavy atom. The summed E-state index contributed by atoms with van der Waals surface area (Å²) in [6, 6.07) is 18.5. The van der Waals surface area contributed by atoms with E-state index in [-0.39, 0.29) is 0 Å². The maximum atomic E-state index is 12.0. The third-order valence-electron chi connectivity index (χ3n) is 4.90. The first-order valence-electron chi connectivity index (χ1n) is 8.87. The number of carbonyl (C=O) groups excluding carboxylic acids is 1. The Morgan fingerprint density at radius 3 is 2.50 bits per heavy atom. The van der Waals surface area contributed by atoms with Gasteiger partial charge in [0.05, 0.1) is 11.6 Å². The van der Waals surface area contributed by atoms with Crippen molar-refractivity contribution in [2.24, 2.45) is 5.73 Å². The first-order valence-corrected chi connectivity index (χ1v) is 8.87. The highest BCUT2D eigenvalue weighted by molar-refractivity contribution is 5.81. The van der Waals surface area contributed by atoms with Gasteiger partial charge in [-0.25, -0.2) is 0 Å². The zero-order chi connectivity index (χ0) is 18.4. The maximum Gasteiger partial charge on any atom is 0.239 e. The molecule has 5 nitrogen and oxygen atoms in total. The lowest BCUT2D eigenvalue weighted by Crippen LogP contribution is -2.46. The summed E-state index contributed by atoms with van der Waals surface area (Å²) >= 11 is 0. The summed E-state index contributed by atoms with van der Waals surface area (Å²) in [6.07, 6.45) is 3.01. The fourth-order valence-electron chi connectivity index (χ4n) is 3.46. The number of hydrogen-bond acceptors (Lipinski definition) is 4. The molecule has 0 radical (unpaired) electrons. The quantitative estimate of drug-likeness (QED) is 0.839. The zero-order valence-electron chi connectivity index (χ0n) is 14.7. The third-order valence-corrected chi connectivity index (χ3v) is 4.90. The molecule has 1 amide bonds. The zero-order valence-corrected chi connectivity index (χ0v) is 14.7. The summed E-state index contributed by atoms with van der Waals surface area (Å²) in [4.78, 5) is 12.0. The molecule has 3 N–H and O–H groups in total. The number of primary amides is 1. The molecular weight excluding hydrogens is 326 g/mol. The number of amides is 1. The van der Waals surface area contributed by atoms with Crippen LogP contribution in [0.25, 0.3) is 0 Å². The number of rotatable bonds is 6. The summed E-state index contributed by atoms with van der Waals surface area (Å²) in [7, 11) is 0. The summed E-state index contributed by atoms with van der Waals surface area (Å²) in [5.74, 6) is -0.450. The van der Waals surface area contributed by atoms with Crippen LogP contribution in [-0.4, -0.2) is 19.1 Å². The fourth-order valence-corrected chi connectivity index (χ4v) is 3.46. The van der Waals surface area contributed by atoms with Crippen LogP contribution in [0.1, 0.15) is 42.0 Å². The van der Waals surface area contributed by atoms with Crippen molar-refractivity contribution in [1.29, 1.82) is 5.26 Å². The number of benzene rings is 2. The Kier molecular flexibility index (Phi) is 5.67. The second-order valence-electron chi connectivity index (χ2n) is 6.62. The minimum Gasteiger partial charge on any atom is -0.369 e. The third kappa shape index (κ3) is 3.93. The van der Waals surface area contributed by atoms with E-state index in [1.54, 1.807) is 24.3 Å². The molecule has 2 unspecified atom stereocenters. The lowest BCUT2D eigenvalue weighted by Gasteiger charge is -2.39. The highest BCUT2D eigenvalue weighted by atomic mass is 16.5. The van der Waals surface area contributed by atoms with Gasteiger partial charge in [-0.15, -0.1) is 0 Å². The monoisotopic (exact) mass is 349 g/mol. The van der Waals surface area contributed by atoms with Crippen LogP contribution in [0.15, 0.2) is 54.6 Å². The van der Waals surface area contributed by atoms with E-state index in [0.29, 0.717) is 18.7 Å². The van der Waals surface area contributed by atoms with Gasteiger partial charge in [-0.3, -0.25) is 10.1 Å². The van der Waals surface area contributed by atoms with Crippen molar-refractivity contribution in [3.63, 3.8) is 0 Å². The van der Waals surface area contributed by atoms with Gasteiger partial charge in [-0.2, -0.15) is 5.26 Å². The van der Waals surface area contributed by atoms with Crippen LogP contribution in [0.4, 0.5) is 0 Å². The maximum absolute atomic E-state index is 12.0. The predicted molar refractivity (Wildman–Crippen MR) is 99.0 cm³/mol. The van der Waals surface area contributed by atoms with E-state index in [4.69, 9.17) is 15.7 Å². The van der Waals surface area contributed by atoms with Crippen LogP contribution in [-0.2, 0) is 15.1 Å². The van der Waals surface area contributed by atoms with Gasteiger partial charge in [0.25, 0.3) is 0 Å². The molecule has 134 valence electrons. The van der Waals surface area contributed by atoms with Crippen LogP contribution < -0.4 is 11.1 Å². The fraction of sp³-hybridized carbons (Fsp3) is 0.333. The van der Waals surface area contributed by atoms with Crippen LogP contribution >= 0.6 is 0 Å². The number of carbonyl (C=O) groups is 1. The van der Waals surface area contributed by atoms with Crippen molar-refractivity contribution >= 4 is 5.91 Å². The Labute approximate surface area is 153 Å². The van der Waals surface area contributed by atoms with E-state index in [1.807, 2.05) is 18.2 Å². The molecule has 0 aromatic heterocycles. The lowest BCUT2D eigenvalue weighted by molar-refractivity contribution is -0.121. The molecule has 1 fully saturated rings. The highest BCUT2D eigenvalue weighted by Crippen LogP contribution is 2.35. The summed E-state index contributed by atoms with van der Waals surface area (Å²) in [5.41, 5.74) is 7.57. The van der Waals surface area contributed by atoms with Crippen molar-refractivity contribution in [2.45, 2.75) is 30.9 Å². The van der Waals surface area contributed by atoms with Gasteiger partial charge in [0.1, 0.15) is 11.6 Å². The van der Waals surface area contributed by atoms with E-state index in [9.17, 15) is 4.79 Å². The minimum absolute atomic E-state index is 0.450. The molecule has 1 saturated heterocycles. The van der Waals surface area contributed by atoms with Gasteiger partial charge < -0.3 is 10.5 Å². The first kappa shape index (κ1) is 18.1. The molecule has 1 aliphatic heterocycles. The molecule has 2 atom stereocenters. The van der Waals surface area contributed by atoms with E-state index in [0.717, 1.165) is 30.4 Å². The Hall–Kier alpha value is -2.68. The van der Waals surface area contributed by atoms with Crippen molar-refractivity contribution < 1.29 is 9.53 Å². The molecule has 0 spiro atoms. The largest absolute Gasteiger partial charge is 0.369 e. The number of nitrogens with zero attached hydrogens (tertiary/aromatic N) is 1. The second-order valence-corrected chi connectivity index (χ2v) is 6.62. The van der Waals surface area contributed by atoms with Gasteiger partial charge in [-0.1, -0.05) is 42.5 Å². The van der Waals surface area contributed by atoms with Crippen molar-refractivity contribution in [3.05, 3.63) is 71.3 Å². The molecule has 0 aliphatic carbocycles. The smallest absolute Gasteiger partial charge is 0.239 e. The van der Waals surface area contributed by atoms with Crippen molar-refractivity contribution in [2.75, 3.05) is 13.2 Å². The van der Waals surface area contributed by atoms with Gasteiger partial charge in [0.15, 0.2) is 0 Å². The van der Waals surface area contributed by atoms with E-state index >= 15 is 0 Å². The highest BCUT2D eigenvalue weighted by Gasteiger charge is 2.36. The van der Waals surface area contributed by atoms with E-state index < -0.39 is 17.6 Å². The molecular formula is C21H23N3O2. The van der Waals surface area contributed by atoms with Gasteiger partial charge in [0, 0.05) is 13.2 Å². The molecule has 2 aromatic carbocycles. The Morgan fingerprint density at radius 2 is 1.92 bits per heavy atom. The SMILES string of the molecule is N#Cc1ccc(C(NCC2(c3ccccc3)CCCCO2)C(N)=O)cc1. The Bertz CT molecular complexity index is 775. The van der Waals surface area contributed by atoms with Crippen LogP contribution in [0.2, 0.25) is 0 Å². The molecule has 3 rings (SSSR count). The molecule has 1 heterocycles. The Balaban J connectivity index is 1.81. The first-order chi connectivity index (χ1) is 12.6. The summed E-state index contributed by atoms with van der Waals surface area (Å²) in [5, 5.41) is 12.2.